The zero-order valence-electron chi connectivity index (χ0n) is 10.5. The van der Waals surface area contributed by atoms with Gasteiger partial charge < -0.3 is 0 Å². The van der Waals surface area contributed by atoms with E-state index in [1.165, 1.54) is 50.8 Å². The van der Waals surface area contributed by atoms with E-state index in [0.717, 1.165) is 0 Å². The van der Waals surface area contributed by atoms with Crippen molar-refractivity contribution in [3.05, 3.63) is 0 Å². The summed E-state index contributed by atoms with van der Waals surface area (Å²) in [7, 11) is 2.37. The molecule has 1 fully saturated rings. The summed E-state index contributed by atoms with van der Waals surface area (Å²) in [5.74, 6) is 1.40. The fraction of sp³-hybridized carbons (Fsp3) is 1.00. The Kier molecular flexibility index (Phi) is 7.44. The van der Waals surface area contributed by atoms with Gasteiger partial charge >= 0.3 is 102 Å². The number of nitrogens with one attached hydrogen (secondary N) is 1. The molecule has 1 saturated heterocycles. The van der Waals surface area contributed by atoms with Crippen LogP contribution in [-0.4, -0.2) is 24.6 Å². The van der Waals surface area contributed by atoms with Gasteiger partial charge in [0.05, 0.1) is 0 Å². The molecule has 0 atom stereocenters. The van der Waals surface area contributed by atoms with Gasteiger partial charge in [0.1, 0.15) is 0 Å². The van der Waals surface area contributed by atoms with E-state index in [-0.39, 0.29) is 0 Å². The fourth-order valence-corrected chi connectivity index (χ4v) is 17.2. The first kappa shape index (κ1) is 13.9. The Hall–Kier alpha value is 0.853. The van der Waals surface area contributed by atoms with Crippen molar-refractivity contribution in [3.8, 4) is 0 Å². The Morgan fingerprint density at radius 2 is 1.60 bits per heavy atom. The van der Waals surface area contributed by atoms with E-state index in [2.05, 4.69) is 28.2 Å². The van der Waals surface area contributed by atoms with Crippen molar-refractivity contribution in [2.45, 2.75) is 62.9 Å². The predicted octanol–water partition coefficient (Wildman–Crippen LogP) is 4.15. The maximum atomic E-state index is 3.94. The van der Waals surface area contributed by atoms with Gasteiger partial charge in [-0.05, 0) is 0 Å². The molecule has 0 radical (unpaired) electrons. The molecule has 0 amide bonds. The topological polar surface area (TPSA) is 12.0 Å². The van der Waals surface area contributed by atoms with Gasteiger partial charge in [-0.15, -0.1) is 0 Å². The number of hydrogen-bond donors (Lipinski definition) is 1. The SMILES string of the molecule is CCCC[CH2][Ge]1([CH2]CCCC)[NH]CC[S]1. The Morgan fingerprint density at radius 1 is 1.00 bits per heavy atom. The normalized spacial score (nSPS) is 19.6. The monoisotopic (exact) mass is 291 g/mol. The number of rotatable bonds is 8. The molecule has 90 valence electrons. The summed E-state index contributed by atoms with van der Waals surface area (Å²) >= 11 is -1.57. The fourth-order valence-electron chi connectivity index (χ4n) is 2.34. The minimum atomic E-state index is -1.57. The molecule has 0 spiro atoms. The molecule has 1 nitrogen and oxygen atoms in total. The van der Waals surface area contributed by atoms with Crippen molar-refractivity contribution in [3.63, 3.8) is 0 Å². The van der Waals surface area contributed by atoms with Crippen LogP contribution in [0.4, 0.5) is 0 Å². The Labute approximate surface area is 102 Å². The molecule has 0 aromatic heterocycles. The van der Waals surface area contributed by atoms with E-state index < -0.39 is 12.3 Å². The second-order valence-electron chi connectivity index (χ2n) is 4.68. The Morgan fingerprint density at radius 3 is 2.00 bits per heavy atom. The van der Waals surface area contributed by atoms with Gasteiger partial charge in [0.15, 0.2) is 0 Å². The summed E-state index contributed by atoms with van der Waals surface area (Å²) in [5.41, 5.74) is 0. The van der Waals surface area contributed by atoms with Crippen LogP contribution < -0.4 is 4.27 Å². The van der Waals surface area contributed by atoms with Crippen LogP contribution in [0.15, 0.2) is 0 Å². The summed E-state index contributed by atoms with van der Waals surface area (Å²) in [6, 6.07) is 0. The number of unbranched alkanes of at least 4 members (excludes halogenated alkanes) is 4. The first-order valence-electron chi connectivity index (χ1n) is 6.72. The van der Waals surface area contributed by atoms with Crippen LogP contribution in [0.2, 0.25) is 10.5 Å². The minimum absolute atomic E-state index is 1.31. The van der Waals surface area contributed by atoms with Gasteiger partial charge in [0.25, 0.3) is 0 Å². The van der Waals surface area contributed by atoms with Crippen LogP contribution in [-0.2, 0) is 0 Å². The summed E-state index contributed by atoms with van der Waals surface area (Å²) in [6.07, 6.45) is 8.62. The molecule has 0 unspecified atom stereocenters. The second-order valence-corrected chi connectivity index (χ2v) is 18.3. The number of hydrogen-bond acceptors (Lipinski definition) is 2. The molecular formula is C12H27GeNS. The van der Waals surface area contributed by atoms with Crippen LogP contribution in [0.5, 0.6) is 0 Å². The molecule has 1 aliphatic heterocycles. The van der Waals surface area contributed by atoms with Crippen LogP contribution in [0.1, 0.15) is 52.4 Å². The zero-order valence-corrected chi connectivity index (χ0v) is 13.4. The first-order chi connectivity index (χ1) is 7.33. The molecule has 1 N–H and O–H groups in total. The van der Waals surface area contributed by atoms with Crippen LogP contribution >= 0.6 is 10.1 Å². The Bertz CT molecular complexity index is 146. The molecule has 0 aromatic rings. The molecule has 1 rings (SSSR count). The van der Waals surface area contributed by atoms with Crippen molar-refractivity contribution >= 4 is 22.4 Å². The summed E-state index contributed by atoms with van der Waals surface area (Å²) < 4.78 is 3.94. The van der Waals surface area contributed by atoms with E-state index in [0.29, 0.717) is 0 Å². The van der Waals surface area contributed by atoms with Crippen LogP contribution in [0.25, 0.3) is 0 Å². The van der Waals surface area contributed by atoms with Crippen molar-refractivity contribution in [1.82, 2.24) is 4.27 Å². The van der Waals surface area contributed by atoms with E-state index in [4.69, 9.17) is 0 Å². The molecule has 3 heteroatoms. The van der Waals surface area contributed by atoms with Gasteiger partial charge in [-0.2, -0.15) is 0 Å². The molecule has 1 aliphatic rings. The van der Waals surface area contributed by atoms with Gasteiger partial charge in [-0.25, -0.2) is 0 Å². The standard InChI is InChI=1S/C12H27GeNS/c1-3-5-7-9-13(10-8-6-4-2)14-11-12-15-13/h14H,3-12H2,1-2H3. The quantitative estimate of drug-likeness (QED) is 0.532. The van der Waals surface area contributed by atoms with Crippen molar-refractivity contribution < 1.29 is 0 Å². The van der Waals surface area contributed by atoms with E-state index in [1.807, 2.05) is 0 Å². The van der Waals surface area contributed by atoms with Crippen LogP contribution in [0, 0.1) is 0 Å². The zero-order chi connectivity index (χ0) is 11.0. The average molecular weight is 290 g/mol. The van der Waals surface area contributed by atoms with Crippen molar-refractivity contribution in [1.29, 1.82) is 0 Å². The third kappa shape index (κ3) is 5.14. The molecule has 0 bridgehead atoms. The molecule has 1 heterocycles. The second kappa shape index (κ2) is 8.02. The third-order valence-corrected chi connectivity index (χ3v) is 18.6. The Balaban J connectivity index is 2.26. The molecule has 15 heavy (non-hydrogen) atoms. The summed E-state index contributed by atoms with van der Waals surface area (Å²) in [4.78, 5) is 0. The van der Waals surface area contributed by atoms with E-state index in [9.17, 15) is 0 Å². The third-order valence-electron chi connectivity index (χ3n) is 3.30. The molecule has 0 aliphatic carbocycles. The van der Waals surface area contributed by atoms with Gasteiger partial charge in [-0.3, -0.25) is 0 Å². The summed E-state index contributed by atoms with van der Waals surface area (Å²) in [5, 5.41) is 3.14. The molecule has 0 saturated carbocycles. The van der Waals surface area contributed by atoms with Gasteiger partial charge in [-0.1, -0.05) is 0 Å². The molecular weight excluding hydrogens is 263 g/mol. The van der Waals surface area contributed by atoms with Crippen LogP contribution in [0.3, 0.4) is 0 Å². The van der Waals surface area contributed by atoms with Gasteiger partial charge in [0, 0.05) is 0 Å². The van der Waals surface area contributed by atoms with E-state index in [1.54, 1.807) is 10.5 Å². The molecule has 0 aromatic carbocycles. The predicted molar refractivity (Wildman–Crippen MR) is 74.9 cm³/mol. The van der Waals surface area contributed by atoms with Crippen molar-refractivity contribution in [2.24, 2.45) is 0 Å². The first-order valence-corrected chi connectivity index (χ1v) is 14.3. The van der Waals surface area contributed by atoms with E-state index >= 15 is 0 Å². The summed E-state index contributed by atoms with van der Waals surface area (Å²) in [6.45, 7) is 5.93. The average Bonchev–Trinajstić information content (AvgIpc) is 2.68. The van der Waals surface area contributed by atoms with Crippen molar-refractivity contribution in [2.75, 3.05) is 12.3 Å². The van der Waals surface area contributed by atoms with Gasteiger partial charge in [0.2, 0.25) is 0 Å². The maximum absolute atomic E-state index is 3.94.